The number of halogens is 2. The molecule has 8 heteroatoms. The lowest BCUT2D eigenvalue weighted by Crippen LogP contribution is -2.31. The summed E-state index contributed by atoms with van der Waals surface area (Å²) in [6.45, 7) is 0.633. The van der Waals surface area contributed by atoms with Crippen LogP contribution < -0.4 is 4.74 Å². The number of hydrogen-bond donors (Lipinski definition) is 0. The van der Waals surface area contributed by atoms with E-state index in [1.165, 1.54) is 23.9 Å². The van der Waals surface area contributed by atoms with Crippen molar-refractivity contribution in [3.63, 3.8) is 0 Å². The summed E-state index contributed by atoms with van der Waals surface area (Å²) in [7, 11) is 0. The minimum absolute atomic E-state index is 0.0126. The molecule has 0 spiro atoms. The number of hydrogen-bond acceptors (Lipinski definition) is 5. The van der Waals surface area contributed by atoms with Crippen molar-refractivity contribution in [1.29, 1.82) is 0 Å². The molecule has 158 valence electrons. The number of thioether (sulfide) groups is 1. The molecular formula is C23H18ClFN2O2S2. The van der Waals surface area contributed by atoms with Gasteiger partial charge in [-0.25, -0.2) is 4.39 Å². The summed E-state index contributed by atoms with van der Waals surface area (Å²) in [6, 6.07) is 15.4. The lowest BCUT2D eigenvalue weighted by Gasteiger charge is -2.15. The number of pyridine rings is 1. The maximum absolute atomic E-state index is 13.3. The average Bonchev–Trinajstić information content (AvgIpc) is 3.01. The van der Waals surface area contributed by atoms with Crippen LogP contribution >= 0.6 is 35.6 Å². The summed E-state index contributed by atoms with van der Waals surface area (Å²) >= 11 is 13.2. The fourth-order valence-corrected chi connectivity index (χ4v) is 5.03. The molecule has 3 aromatic rings. The van der Waals surface area contributed by atoms with Crippen molar-refractivity contribution in [1.82, 2.24) is 9.88 Å². The quantitative estimate of drug-likeness (QED) is 0.429. The second kappa shape index (κ2) is 9.77. The highest BCUT2D eigenvalue weighted by Gasteiger charge is 2.36. The number of carbonyl (C=O) groups excluding carboxylic acids is 1. The maximum atomic E-state index is 13.3. The summed E-state index contributed by atoms with van der Waals surface area (Å²) in [5.41, 5.74) is 2.57. The number of ether oxygens (including phenoxy) is 1. The third-order valence-electron chi connectivity index (χ3n) is 4.77. The van der Waals surface area contributed by atoms with E-state index in [0.29, 0.717) is 28.1 Å². The highest BCUT2D eigenvalue weighted by molar-refractivity contribution is 8.24. The van der Waals surface area contributed by atoms with Crippen LogP contribution in [0.4, 0.5) is 4.39 Å². The van der Waals surface area contributed by atoms with Gasteiger partial charge < -0.3 is 4.74 Å². The fraction of sp³-hybridized carbons (Fsp3) is 0.174. The van der Waals surface area contributed by atoms with Gasteiger partial charge in [-0.2, -0.15) is 0 Å². The van der Waals surface area contributed by atoms with Crippen LogP contribution in [-0.2, 0) is 24.4 Å². The molecule has 0 N–H and O–H groups in total. The molecule has 4 nitrogen and oxygen atoms in total. The highest BCUT2D eigenvalue weighted by atomic mass is 35.5. The Labute approximate surface area is 194 Å². The van der Waals surface area contributed by atoms with Gasteiger partial charge in [-0.1, -0.05) is 59.8 Å². The SMILES string of the molecule is O=C1[C@@H](Cc2ccc(OCc3cccc(F)c3)c(Cl)c2)SC(=S)N1Cc1cccnc1. The Morgan fingerprint density at radius 3 is 2.71 bits per heavy atom. The van der Waals surface area contributed by atoms with Gasteiger partial charge in [0.2, 0.25) is 5.91 Å². The fourth-order valence-electron chi connectivity index (χ4n) is 3.24. The van der Waals surface area contributed by atoms with Crippen LogP contribution in [0.15, 0.2) is 67.0 Å². The first-order valence-electron chi connectivity index (χ1n) is 9.56. The van der Waals surface area contributed by atoms with Crippen LogP contribution in [0.5, 0.6) is 5.75 Å². The van der Waals surface area contributed by atoms with Gasteiger partial charge in [-0.05, 0) is 53.4 Å². The van der Waals surface area contributed by atoms with Crippen molar-refractivity contribution in [3.8, 4) is 5.75 Å². The molecule has 2 heterocycles. The molecule has 1 atom stereocenters. The Morgan fingerprint density at radius 1 is 1.13 bits per heavy atom. The first-order valence-corrected chi connectivity index (χ1v) is 11.2. The van der Waals surface area contributed by atoms with Gasteiger partial charge >= 0.3 is 0 Å². The van der Waals surface area contributed by atoms with Crippen molar-refractivity contribution in [2.24, 2.45) is 0 Å². The molecule has 0 radical (unpaired) electrons. The van der Waals surface area contributed by atoms with Gasteiger partial charge in [0.15, 0.2) is 0 Å². The van der Waals surface area contributed by atoms with E-state index in [1.807, 2.05) is 18.2 Å². The summed E-state index contributed by atoms with van der Waals surface area (Å²) in [6.07, 6.45) is 3.94. The van der Waals surface area contributed by atoms with Gasteiger partial charge in [-0.3, -0.25) is 14.7 Å². The van der Waals surface area contributed by atoms with E-state index < -0.39 is 0 Å². The molecule has 1 fully saturated rings. The zero-order valence-corrected chi connectivity index (χ0v) is 18.7. The Bertz CT molecular complexity index is 1110. The molecule has 1 aliphatic rings. The molecule has 31 heavy (non-hydrogen) atoms. The largest absolute Gasteiger partial charge is 0.487 e. The van der Waals surface area contributed by atoms with Crippen molar-refractivity contribution in [3.05, 3.63) is 94.5 Å². The van der Waals surface area contributed by atoms with Gasteiger partial charge in [-0.15, -0.1) is 0 Å². The first-order chi connectivity index (χ1) is 15.0. The molecule has 0 unspecified atom stereocenters. The van der Waals surface area contributed by atoms with E-state index in [1.54, 1.807) is 41.6 Å². The minimum Gasteiger partial charge on any atom is -0.487 e. The van der Waals surface area contributed by atoms with Gasteiger partial charge in [0.25, 0.3) is 0 Å². The van der Waals surface area contributed by atoms with Crippen molar-refractivity contribution in [2.45, 2.75) is 24.8 Å². The van der Waals surface area contributed by atoms with E-state index in [9.17, 15) is 9.18 Å². The van der Waals surface area contributed by atoms with E-state index in [4.69, 9.17) is 28.6 Å². The lowest BCUT2D eigenvalue weighted by atomic mass is 10.1. The second-order valence-corrected chi connectivity index (χ2v) is 9.29. The minimum atomic E-state index is -0.309. The number of aromatic nitrogens is 1. The number of nitrogens with zero attached hydrogens (tertiary/aromatic N) is 2. The number of carbonyl (C=O) groups is 1. The van der Waals surface area contributed by atoms with E-state index in [-0.39, 0.29) is 23.6 Å². The third-order valence-corrected chi connectivity index (χ3v) is 6.65. The molecule has 1 aliphatic heterocycles. The molecule has 1 aromatic heterocycles. The second-order valence-electron chi connectivity index (χ2n) is 7.05. The summed E-state index contributed by atoms with van der Waals surface area (Å²) in [5.74, 6) is 0.187. The monoisotopic (exact) mass is 472 g/mol. The van der Waals surface area contributed by atoms with Crippen molar-refractivity contribution < 1.29 is 13.9 Å². The molecule has 4 rings (SSSR count). The van der Waals surface area contributed by atoms with E-state index in [2.05, 4.69) is 4.98 Å². The number of thiocarbonyl (C=S) groups is 1. The van der Waals surface area contributed by atoms with Gasteiger partial charge in [0.05, 0.1) is 16.8 Å². The average molecular weight is 473 g/mol. The lowest BCUT2D eigenvalue weighted by molar-refractivity contribution is -0.126. The van der Waals surface area contributed by atoms with Crippen LogP contribution in [0, 0.1) is 5.82 Å². The smallest absolute Gasteiger partial charge is 0.242 e. The Morgan fingerprint density at radius 2 is 1.97 bits per heavy atom. The zero-order chi connectivity index (χ0) is 21.8. The molecule has 2 aromatic carbocycles. The van der Waals surface area contributed by atoms with Gasteiger partial charge in [0.1, 0.15) is 22.5 Å². The van der Waals surface area contributed by atoms with Crippen LogP contribution in [0.25, 0.3) is 0 Å². The summed E-state index contributed by atoms with van der Waals surface area (Å²) in [5, 5.41) is 0.151. The molecule has 0 aliphatic carbocycles. The van der Waals surface area contributed by atoms with E-state index in [0.717, 1.165) is 16.7 Å². The standard InChI is InChI=1S/C23H18ClFN2O2S2/c24-19-10-15(6-7-20(19)29-14-16-3-1-5-18(25)9-16)11-21-22(28)27(23(30)31-21)13-17-4-2-8-26-12-17/h1-10,12,21H,11,13-14H2/t21-/m1/s1. The number of amides is 1. The third kappa shape index (κ3) is 5.42. The van der Waals surface area contributed by atoms with Crippen LogP contribution in [0.1, 0.15) is 16.7 Å². The van der Waals surface area contributed by atoms with Crippen molar-refractivity contribution >= 4 is 45.8 Å². The summed E-state index contributed by atoms with van der Waals surface area (Å²) in [4.78, 5) is 18.6. The highest BCUT2D eigenvalue weighted by Crippen LogP contribution is 2.33. The Hall–Kier alpha value is -2.48. The number of benzene rings is 2. The topological polar surface area (TPSA) is 42.4 Å². The maximum Gasteiger partial charge on any atom is 0.242 e. The van der Waals surface area contributed by atoms with E-state index >= 15 is 0 Å². The molecular weight excluding hydrogens is 455 g/mol. The van der Waals surface area contributed by atoms with Crippen molar-refractivity contribution in [2.75, 3.05) is 0 Å². The number of rotatable bonds is 7. The Kier molecular flexibility index (Phi) is 6.85. The molecule has 1 saturated heterocycles. The van der Waals surface area contributed by atoms with Crippen LogP contribution in [-0.4, -0.2) is 25.4 Å². The zero-order valence-electron chi connectivity index (χ0n) is 16.3. The van der Waals surface area contributed by atoms with Crippen LogP contribution in [0.3, 0.4) is 0 Å². The summed E-state index contributed by atoms with van der Waals surface area (Å²) < 4.78 is 19.6. The molecule has 1 amide bonds. The first kappa shape index (κ1) is 21.7. The van der Waals surface area contributed by atoms with Gasteiger partial charge in [0, 0.05) is 12.4 Å². The predicted molar refractivity (Wildman–Crippen MR) is 125 cm³/mol. The normalized spacial score (nSPS) is 16.1. The predicted octanol–water partition coefficient (Wildman–Crippen LogP) is 5.42. The molecule has 0 bridgehead atoms. The van der Waals surface area contributed by atoms with Crippen LogP contribution in [0.2, 0.25) is 5.02 Å². The molecule has 0 saturated carbocycles. The Balaban J connectivity index is 1.38.